The summed E-state index contributed by atoms with van der Waals surface area (Å²) >= 11 is 1.17. The highest BCUT2D eigenvalue weighted by atomic mass is 32.2. The smallest absolute Gasteiger partial charge is 0.407 e. The summed E-state index contributed by atoms with van der Waals surface area (Å²) in [4.78, 5) is 93.7. The minimum absolute atomic E-state index is 0.0606. The lowest BCUT2D eigenvalue weighted by molar-refractivity contribution is -0.148. The average Bonchev–Trinajstić information content (AvgIpc) is 3.81. The number of amides is 6. The number of benzene rings is 2. The number of carboxylic acid groups (broad SMARTS) is 1. The van der Waals surface area contributed by atoms with Gasteiger partial charge >= 0.3 is 12.1 Å². The lowest BCUT2D eigenvalue weighted by Crippen LogP contribution is -2.66. The molecule has 0 saturated carbocycles. The number of hydrogen-bond acceptors (Lipinski definition) is 9. The molecule has 0 spiro atoms. The van der Waals surface area contributed by atoms with Crippen LogP contribution in [-0.2, 0) is 40.0 Å². The summed E-state index contributed by atoms with van der Waals surface area (Å²) in [5.41, 5.74) is -1.13. The van der Waals surface area contributed by atoms with E-state index in [1.165, 1.54) is 11.8 Å². The SMILES string of the molecule is CC([C@](CNC(=O)CN1C(=O)C=CC1=O)(NC(=O)CCSCC(=O)N(CCCNC(=O)OCC[Si](C)(C)C)[C@@H](c1cc(-c2cc(F)ccc2F)cn1Cc1ccccc1)C(C)(C)C)C(=O)O)[Si](C)(C)C. The summed E-state index contributed by atoms with van der Waals surface area (Å²) in [7, 11) is -3.80. The largest absolute Gasteiger partial charge is 0.479 e. The molecule has 1 unspecified atom stereocenters. The van der Waals surface area contributed by atoms with Crippen molar-refractivity contribution in [1.82, 2.24) is 30.3 Å². The zero-order valence-corrected chi connectivity index (χ0v) is 44.9. The Morgan fingerprint density at radius 1 is 0.900 bits per heavy atom. The van der Waals surface area contributed by atoms with Gasteiger partial charge in [0.05, 0.1) is 33.0 Å². The number of alkyl carbamates (subject to hydrolysis) is 1. The first-order chi connectivity index (χ1) is 32.6. The number of rotatable bonds is 25. The maximum atomic E-state index is 15.4. The summed E-state index contributed by atoms with van der Waals surface area (Å²) in [6, 6.07) is 14.8. The monoisotopic (exact) mass is 1020 g/mol. The zero-order valence-electron chi connectivity index (χ0n) is 42.1. The molecule has 4 rings (SSSR count). The number of aromatic nitrogens is 1. The van der Waals surface area contributed by atoms with Crippen LogP contribution in [0.15, 0.2) is 72.9 Å². The van der Waals surface area contributed by atoms with Crippen LogP contribution in [-0.4, -0.2) is 127 Å². The van der Waals surface area contributed by atoms with Crippen molar-refractivity contribution in [3.63, 3.8) is 0 Å². The number of nitrogens with zero attached hydrogens (tertiary/aromatic N) is 3. The Bertz CT molecular complexity index is 2380. The van der Waals surface area contributed by atoms with Crippen LogP contribution in [0.2, 0.25) is 50.9 Å². The molecule has 4 N–H and O–H groups in total. The van der Waals surface area contributed by atoms with Crippen LogP contribution in [0.3, 0.4) is 0 Å². The van der Waals surface area contributed by atoms with Crippen LogP contribution >= 0.6 is 11.8 Å². The van der Waals surface area contributed by atoms with E-state index in [-0.39, 0.29) is 42.5 Å². The predicted molar refractivity (Wildman–Crippen MR) is 273 cm³/mol. The fourth-order valence-electron chi connectivity index (χ4n) is 8.05. The molecule has 0 fully saturated rings. The van der Waals surface area contributed by atoms with Crippen LogP contribution in [0.5, 0.6) is 0 Å². The summed E-state index contributed by atoms with van der Waals surface area (Å²) < 4.78 is 37.4. The van der Waals surface area contributed by atoms with Gasteiger partial charge in [-0.2, -0.15) is 11.8 Å². The van der Waals surface area contributed by atoms with E-state index in [1.807, 2.05) is 75.3 Å². The molecule has 1 aromatic heterocycles. The molecule has 1 aliphatic heterocycles. The van der Waals surface area contributed by atoms with Gasteiger partial charge in [-0.1, -0.05) is 97.3 Å². The molecule has 1 aliphatic rings. The molecule has 0 bridgehead atoms. The van der Waals surface area contributed by atoms with Crippen molar-refractivity contribution in [2.75, 3.05) is 44.3 Å². The second-order valence-corrected chi connectivity index (χ2v) is 33.4. The van der Waals surface area contributed by atoms with Crippen molar-refractivity contribution in [1.29, 1.82) is 0 Å². The minimum Gasteiger partial charge on any atom is -0.479 e. The molecule has 0 radical (unpaired) electrons. The minimum atomic E-state index is -2.36. The molecule has 70 heavy (non-hydrogen) atoms. The highest BCUT2D eigenvalue weighted by molar-refractivity contribution is 7.99. The van der Waals surface area contributed by atoms with Crippen molar-refractivity contribution in [3.8, 4) is 11.1 Å². The molecule has 0 saturated heterocycles. The van der Waals surface area contributed by atoms with Gasteiger partial charge in [-0.15, -0.1) is 0 Å². The number of nitrogens with one attached hydrogen (secondary N) is 3. The third-order valence-corrected chi connectivity index (χ3v) is 18.0. The normalized spacial score (nSPS) is 14.7. The maximum absolute atomic E-state index is 15.4. The van der Waals surface area contributed by atoms with Gasteiger partial charge in [0.2, 0.25) is 17.7 Å². The lowest BCUT2D eigenvalue weighted by Gasteiger charge is -2.42. The van der Waals surface area contributed by atoms with Crippen LogP contribution in [0.1, 0.15) is 57.8 Å². The summed E-state index contributed by atoms with van der Waals surface area (Å²) in [6.07, 6.45) is 3.42. The number of hydrogen-bond donors (Lipinski definition) is 4. The van der Waals surface area contributed by atoms with E-state index in [1.54, 1.807) is 24.1 Å². The summed E-state index contributed by atoms with van der Waals surface area (Å²) in [5.74, 6) is -5.62. The fraction of sp³-hybridized carbons (Fsp3) is 0.500. The van der Waals surface area contributed by atoms with Crippen molar-refractivity contribution in [3.05, 3.63) is 95.8 Å². The summed E-state index contributed by atoms with van der Waals surface area (Å²) in [6.45, 7) is 19.9. The number of carboxylic acids is 1. The second kappa shape index (κ2) is 24.5. The van der Waals surface area contributed by atoms with E-state index in [2.05, 4.69) is 35.6 Å². The first kappa shape index (κ1) is 57.0. The van der Waals surface area contributed by atoms with Gasteiger partial charge < -0.3 is 35.3 Å². The lowest BCUT2D eigenvalue weighted by atomic mass is 9.83. The molecule has 0 aliphatic carbocycles. The number of imide groups is 1. The molecule has 382 valence electrons. The molecule has 3 aromatic rings. The van der Waals surface area contributed by atoms with Gasteiger partial charge in [-0.05, 0) is 53.3 Å². The highest BCUT2D eigenvalue weighted by Gasteiger charge is 2.50. The van der Waals surface area contributed by atoms with Gasteiger partial charge in [0.1, 0.15) is 18.2 Å². The first-order valence-electron chi connectivity index (χ1n) is 23.4. The topological polar surface area (TPSA) is 196 Å². The molecule has 20 heteroatoms. The van der Waals surface area contributed by atoms with E-state index in [0.717, 1.165) is 46.9 Å². The quantitative estimate of drug-likeness (QED) is 0.0371. The molecule has 3 atom stereocenters. The number of ether oxygens (including phenoxy) is 1. The van der Waals surface area contributed by atoms with Crippen molar-refractivity contribution in [2.24, 2.45) is 5.41 Å². The van der Waals surface area contributed by atoms with Crippen LogP contribution in [0.25, 0.3) is 11.1 Å². The van der Waals surface area contributed by atoms with Crippen molar-refractivity contribution >= 4 is 69.5 Å². The average molecular weight is 1030 g/mol. The number of aliphatic carboxylic acids is 1. The zero-order chi connectivity index (χ0) is 52.2. The van der Waals surface area contributed by atoms with Crippen LogP contribution in [0, 0.1) is 17.0 Å². The van der Waals surface area contributed by atoms with Gasteiger partial charge in [-0.25, -0.2) is 18.4 Å². The Morgan fingerprint density at radius 3 is 2.16 bits per heavy atom. The van der Waals surface area contributed by atoms with E-state index < -0.39 is 99.1 Å². The van der Waals surface area contributed by atoms with Gasteiger partial charge in [0.25, 0.3) is 11.8 Å². The van der Waals surface area contributed by atoms with Crippen molar-refractivity contribution < 1.29 is 52.2 Å². The van der Waals surface area contributed by atoms with Crippen molar-refractivity contribution in [2.45, 2.75) is 110 Å². The Hall–Kier alpha value is -5.61. The van der Waals surface area contributed by atoms with Crippen LogP contribution in [0.4, 0.5) is 13.6 Å². The predicted octanol–water partition coefficient (Wildman–Crippen LogP) is 7.68. The number of carbonyl (C=O) groups is 7. The molecule has 2 heterocycles. The third-order valence-electron chi connectivity index (χ3n) is 12.3. The number of thioether (sulfide) groups is 1. The van der Waals surface area contributed by atoms with E-state index >= 15 is 4.39 Å². The first-order valence-corrected chi connectivity index (χ1v) is 31.9. The maximum Gasteiger partial charge on any atom is 0.407 e. The third kappa shape index (κ3) is 16.2. The van der Waals surface area contributed by atoms with Crippen LogP contribution < -0.4 is 16.0 Å². The molecular formula is C50H70F2N6O9SSi2. The van der Waals surface area contributed by atoms with Gasteiger partial charge in [-0.3, -0.25) is 28.9 Å². The highest BCUT2D eigenvalue weighted by Crippen LogP contribution is 2.42. The standard InChI is InChI=1S/C50H70F2N6O9SSi2/c1-34(70(8,9)10)50(47(64)65,33-54-42(60)31-58-43(61)19-20-44(58)62)55-41(59)21-25-68-32-45(63)57(23-14-22-53-48(66)67-24-26-69(5,6)7)46(49(2,3)4)40-27-36(38-28-37(51)17-18-39(38)52)30-56(40)29-35-15-12-11-13-16-35/h11-13,15-20,27-28,30,34,46H,14,21-26,29,31-33H2,1-10H3,(H,53,66)(H,54,60)(H,55,59)(H,64,65)/t34?,46-,50-/m0/s1. The fourth-order valence-corrected chi connectivity index (χ4v) is 11.4. The Morgan fingerprint density at radius 2 is 1.56 bits per heavy atom. The van der Waals surface area contributed by atoms with E-state index in [9.17, 15) is 43.1 Å². The number of halogens is 2. The second-order valence-electron chi connectivity index (χ2n) is 21.1. The molecule has 6 amide bonds. The van der Waals surface area contributed by atoms with Gasteiger partial charge in [0, 0.05) is 75.1 Å². The van der Waals surface area contributed by atoms with E-state index in [4.69, 9.17) is 4.74 Å². The number of carbonyl (C=O) groups excluding carboxylic acids is 6. The van der Waals surface area contributed by atoms with Gasteiger partial charge in [0.15, 0.2) is 5.54 Å². The summed E-state index contributed by atoms with van der Waals surface area (Å²) in [5, 5.41) is 18.7. The van der Waals surface area contributed by atoms with E-state index in [0.29, 0.717) is 30.8 Å². The Balaban J connectivity index is 1.59. The Labute approximate surface area is 416 Å². The Kier molecular flexibility index (Phi) is 19.9. The molecular weight excluding hydrogens is 955 g/mol. The molecule has 2 aromatic carbocycles. The molecule has 15 nitrogen and oxygen atoms in total.